The van der Waals surface area contributed by atoms with Crippen LogP contribution in [0.3, 0.4) is 0 Å². The van der Waals surface area contributed by atoms with Gasteiger partial charge in [0.2, 0.25) is 0 Å². The molecule has 1 aromatic heterocycles. The van der Waals surface area contributed by atoms with Crippen molar-refractivity contribution in [3.63, 3.8) is 0 Å². The van der Waals surface area contributed by atoms with E-state index in [0.29, 0.717) is 16.8 Å². The summed E-state index contributed by atoms with van der Waals surface area (Å²) in [7, 11) is 0. The number of hydrogen-bond acceptors (Lipinski definition) is 4. The summed E-state index contributed by atoms with van der Waals surface area (Å²) < 4.78 is 0. The summed E-state index contributed by atoms with van der Waals surface area (Å²) in [6, 6.07) is 18.8. The number of carbonyl (C=O) groups is 2. The number of anilines is 2. The Labute approximate surface area is 158 Å². The number of nitrogens with zero attached hydrogens (tertiary/aromatic N) is 1. The van der Waals surface area contributed by atoms with Crippen molar-refractivity contribution in [1.82, 2.24) is 4.98 Å². The topological polar surface area (TPSA) is 71.1 Å². The Morgan fingerprint density at radius 3 is 2.33 bits per heavy atom. The predicted octanol–water partition coefficient (Wildman–Crippen LogP) is 4.19. The highest BCUT2D eigenvalue weighted by Crippen LogP contribution is 2.14. The third-order valence-electron chi connectivity index (χ3n) is 4.14. The van der Waals surface area contributed by atoms with Gasteiger partial charge in [-0.25, -0.2) is 0 Å². The van der Waals surface area contributed by atoms with Crippen LogP contribution >= 0.6 is 0 Å². The number of hydrogen-bond donors (Lipinski definition) is 2. The maximum atomic E-state index is 12.4. The highest BCUT2D eigenvalue weighted by Gasteiger charge is 2.08. The minimum absolute atomic E-state index is 0.00800. The molecule has 0 aliphatic carbocycles. The largest absolute Gasteiger partial charge is 0.383 e. The van der Waals surface area contributed by atoms with Crippen molar-refractivity contribution in [2.75, 3.05) is 17.2 Å². The molecule has 1 amide bonds. The normalized spacial score (nSPS) is 10.3. The second kappa shape index (κ2) is 8.76. The first-order valence-corrected chi connectivity index (χ1v) is 8.77. The van der Waals surface area contributed by atoms with E-state index in [0.717, 1.165) is 18.7 Å². The number of rotatable bonds is 7. The molecule has 2 aromatic carbocycles. The molecule has 0 fully saturated rings. The summed E-state index contributed by atoms with van der Waals surface area (Å²) in [5.41, 5.74) is 3.76. The van der Waals surface area contributed by atoms with Crippen LogP contribution in [0.25, 0.3) is 0 Å². The van der Waals surface area contributed by atoms with Crippen LogP contribution in [-0.2, 0) is 6.42 Å². The van der Waals surface area contributed by atoms with Crippen LogP contribution in [0.5, 0.6) is 0 Å². The fourth-order valence-corrected chi connectivity index (χ4v) is 2.65. The number of Topliss-reactive ketones (excluding diaryl/α,β-unsaturated/α-hetero) is 1. The van der Waals surface area contributed by atoms with Crippen LogP contribution in [0.1, 0.15) is 33.2 Å². The second-order valence-electron chi connectivity index (χ2n) is 6.21. The van der Waals surface area contributed by atoms with Gasteiger partial charge in [0.05, 0.1) is 11.3 Å². The van der Waals surface area contributed by atoms with Gasteiger partial charge in [0.15, 0.2) is 5.78 Å². The summed E-state index contributed by atoms with van der Waals surface area (Å²) >= 11 is 0. The lowest BCUT2D eigenvalue weighted by atomic mass is 10.1. The van der Waals surface area contributed by atoms with Crippen molar-refractivity contribution < 1.29 is 9.59 Å². The number of benzene rings is 2. The molecule has 0 unspecified atom stereocenters. The molecule has 0 radical (unpaired) electrons. The van der Waals surface area contributed by atoms with Crippen molar-refractivity contribution in [3.05, 3.63) is 89.7 Å². The molecule has 5 heteroatoms. The standard InChI is InChI=1S/C22H21N3O2/c1-16(26)18-7-9-20(10-8-18)25-22(27)19-13-21(15-23-14-19)24-12-11-17-5-3-2-4-6-17/h2-10,13-15,24H,11-12H2,1H3,(H,25,27). The van der Waals surface area contributed by atoms with Crippen molar-refractivity contribution >= 4 is 23.1 Å². The summed E-state index contributed by atoms with van der Waals surface area (Å²) in [5.74, 6) is -0.254. The number of nitrogens with one attached hydrogen (secondary N) is 2. The van der Waals surface area contributed by atoms with Gasteiger partial charge in [0.25, 0.3) is 5.91 Å². The van der Waals surface area contributed by atoms with Crippen LogP contribution in [0.4, 0.5) is 11.4 Å². The molecule has 1 heterocycles. The first-order chi connectivity index (χ1) is 13.1. The zero-order valence-electron chi connectivity index (χ0n) is 15.1. The van der Waals surface area contributed by atoms with Crippen molar-refractivity contribution in [1.29, 1.82) is 0 Å². The molecule has 3 aromatic rings. The van der Waals surface area contributed by atoms with Gasteiger partial charge in [-0.3, -0.25) is 14.6 Å². The van der Waals surface area contributed by atoms with Crippen molar-refractivity contribution in [3.8, 4) is 0 Å². The molecule has 136 valence electrons. The van der Waals surface area contributed by atoms with E-state index in [1.165, 1.54) is 18.7 Å². The first kappa shape index (κ1) is 18.3. The van der Waals surface area contributed by atoms with E-state index in [4.69, 9.17) is 0 Å². The minimum atomic E-state index is -0.246. The molecule has 27 heavy (non-hydrogen) atoms. The molecule has 0 aliphatic heterocycles. The van der Waals surface area contributed by atoms with Gasteiger partial charge in [-0.05, 0) is 49.2 Å². The maximum Gasteiger partial charge on any atom is 0.257 e. The molecular weight excluding hydrogens is 338 g/mol. The summed E-state index contributed by atoms with van der Waals surface area (Å²) in [6.07, 6.45) is 4.12. The number of ketones is 1. The van der Waals surface area contributed by atoms with Crippen LogP contribution in [0.2, 0.25) is 0 Å². The third-order valence-corrected chi connectivity index (χ3v) is 4.14. The Balaban J connectivity index is 1.58. The molecular formula is C22H21N3O2. The van der Waals surface area contributed by atoms with Crippen LogP contribution in [-0.4, -0.2) is 23.2 Å². The Morgan fingerprint density at radius 1 is 0.889 bits per heavy atom. The van der Waals surface area contributed by atoms with Gasteiger partial charge in [0, 0.05) is 30.2 Å². The van der Waals surface area contributed by atoms with Gasteiger partial charge < -0.3 is 10.6 Å². The lowest BCUT2D eigenvalue weighted by Crippen LogP contribution is -2.13. The molecule has 3 rings (SSSR count). The second-order valence-corrected chi connectivity index (χ2v) is 6.21. The third kappa shape index (κ3) is 5.25. The lowest BCUT2D eigenvalue weighted by molar-refractivity contribution is 0.101. The SMILES string of the molecule is CC(=O)c1ccc(NC(=O)c2cncc(NCCc3ccccc3)c2)cc1. The number of amides is 1. The van der Waals surface area contributed by atoms with E-state index in [2.05, 4.69) is 27.8 Å². The predicted molar refractivity (Wildman–Crippen MR) is 107 cm³/mol. The fraction of sp³-hybridized carbons (Fsp3) is 0.136. The van der Waals surface area contributed by atoms with E-state index in [1.54, 1.807) is 36.5 Å². The highest BCUT2D eigenvalue weighted by molar-refractivity contribution is 6.04. The van der Waals surface area contributed by atoms with Gasteiger partial charge in [-0.1, -0.05) is 30.3 Å². The first-order valence-electron chi connectivity index (χ1n) is 8.77. The maximum absolute atomic E-state index is 12.4. The Hall–Kier alpha value is -3.47. The smallest absolute Gasteiger partial charge is 0.257 e. The van der Waals surface area contributed by atoms with E-state index < -0.39 is 0 Å². The summed E-state index contributed by atoms with van der Waals surface area (Å²) in [4.78, 5) is 27.9. The van der Waals surface area contributed by atoms with Gasteiger partial charge in [-0.2, -0.15) is 0 Å². The Bertz CT molecular complexity index is 922. The molecule has 0 atom stereocenters. The zero-order chi connectivity index (χ0) is 19.1. The zero-order valence-corrected chi connectivity index (χ0v) is 15.1. The number of aromatic nitrogens is 1. The van der Waals surface area contributed by atoms with Crippen molar-refractivity contribution in [2.45, 2.75) is 13.3 Å². The fourth-order valence-electron chi connectivity index (χ4n) is 2.65. The molecule has 0 saturated heterocycles. The highest BCUT2D eigenvalue weighted by atomic mass is 16.1. The molecule has 0 bridgehead atoms. The average molecular weight is 359 g/mol. The van der Waals surface area contributed by atoms with Gasteiger partial charge in [-0.15, -0.1) is 0 Å². The average Bonchev–Trinajstić information content (AvgIpc) is 2.69. The molecule has 0 spiro atoms. The van der Waals surface area contributed by atoms with E-state index in [1.807, 2.05) is 18.2 Å². The Morgan fingerprint density at radius 2 is 1.63 bits per heavy atom. The van der Waals surface area contributed by atoms with Crippen molar-refractivity contribution in [2.24, 2.45) is 0 Å². The Kier molecular flexibility index (Phi) is 5.94. The molecule has 0 saturated carbocycles. The van der Waals surface area contributed by atoms with E-state index in [-0.39, 0.29) is 11.7 Å². The van der Waals surface area contributed by atoms with E-state index >= 15 is 0 Å². The van der Waals surface area contributed by atoms with Crippen LogP contribution < -0.4 is 10.6 Å². The summed E-state index contributed by atoms with van der Waals surface area (Å²) in [6.45, 7) is 2.26. The molecule has 0 aliphatic rings. The molecule has 2 N–H and O–H groups in total. The van der Waals surface area contributed by atoms with Crippen LogP contribution in [0.15, 0.2) is 73.1 Å². The summed E-state index contributed by atoms with van der Waals surface area (Å²) in [5, 5.41) is 6.11. The van der Waals surface area contributed by atoms with Gasteiger partial charge in [0.1, 0.15) is 0 Å². The van der Waals surface area contributed by atoms with Gasteiger partial charge >= 0.3 is 0 Å². The number of pyridine rings is 1. The monoisotopic (exact) mass is 359 g/mol. The number of carbonyl (C=O) groups excluding carboxylic acids is 2. The lowest BCUT2D eigenvalue weighted by Gasteiger charge is -2.09. The quantitative estimate of drug-likeness (QED) is 0.621. The van der Waals surface area contributed by atoms with Crippen LogP contribution in [0, 0.1) is 0 Å². The minimum Gasteiger partial charge on any atom is -0.383 e. The van der Waals surface area contributed by atoms with E-state index in [9.17, 15) is 9.59 Å². The molecule has 5 nitrogen and oxygen atoms in total.